The molecule has 0 fully saturated rings. The molecule has 16 heavy (non-hydrogen) atoms. The number of benzene rings is 1. The maximum Gasteiger partial charge on any atom is 0.158 e. The first-order chi connectivity index (χ1) is 7.70. The van der Waals surface area contributed by atoms with Crippen LogP contribution in [0.4, 0.5) is 4.39 Å². The minimum absolute atomic E-state index is 0.0797. The van der Waals surface area contributed by atoms with E-state index in [1.165, 1.54) is 18.5 Å². The average Bonchev–Trinajstić information content (AvgIpc) is 2.71. The Morgan fingerprint density at radius 1 is 1.44 bits per heavy atom. The summed E-state index contributed by atoms with van der Waals surface area (Å²) in [5.74, 6) is 0.0111. The highest BCUT2D eigenvalue weighted by molar-refractivity contribution is 6.30. The molecule has 0 aliphatic heterocycles. The molecule has 0 radical (unpaired) electrons. The Hall–Kier alpha value is -1.46. The average molecular weight is 242 g/mol. The molecule has 0 amide bonds. The number of aromatic nitrogens is 3. The third kappa shape index (κ3) is 2.20. The van der Waals surface area contributed by atoms with Gasteiger partial charge < -0.3 is 9.67 Å². The molecule has 6 heteroatoms. The Balaban J connectivity index is 2.24. The fraction of sp³-hybridized carbons (Fsp3) is 0.200. The molecule has 4 nitrogen and oxygen atoms in total. The zero-order chi connectivity index (χ0) is 11.5. The van der Waals surface area contributed by atoms with Crippen LogP contribution in [0, 0.1) is 5.82 Å². The predicted octanol–water partition coefficient (Wildman–Crippen LogP) is 1.61. The van der Waals surface area contributed by atoms with E-state index in [1.807, 2.05) is 0 Å². The summed E-state index contributed by atoms with van der Waals surface area (Å²) in [6.07, 6.45) is 1.50. The second kappa shape index (κ2) is 4.59. The number of aliphatic hydroxyl groups excluding tert-OH is 1. The van der Waals surface area contributed by atoms with Crippen molar-refractivity contribution >= 4 is 11.6 Å². The van der Waals surface area contributed by atoms with E-state index >= 15 is 0 Å². The molecule has 0 aliphatic rings. The van der Waals surface area contributed by atoms with Gasteiger partial charge in [0.15, 0.2) is 5.82 Å². The summed E-state index contributed by atoms with van der Waals surface area (Å²) < 4.78 is 14.6. The smallest absolute Gasteiger partial charge is 0.158 e. The molecule has 0 spiro atoms. The van der Waals surface area contributed by atoms with Crippen LogP contribution in [0.5, 0.6) is 0 Å². The van der Waals surface area contributed by atoms with Crippen molar-refractivity contribution in [2.75, 3.05) is 0 Å². The van der Waals surface area contributed by atoms with E-state index in [-0.39, 0.29) is 11.6 Å². The number of halogens is 2. The molecule has 1 N–H and O–H groups in total. The van der Waals surface area contributed by atoms with Crippen LogP contribution in [0.1, 0.15) is 11.4 Å². The van der Waals surface area contributed by atoms with Crippen LogP contribution in [-0.4, -0.2) is 19.9 Å². The quantitative estimate of drug-likeness (QED) is 0.888. The van der Waals surface area contributed by atoms with Gasteiger partial charge in [-0.15, -0.1) is 10.2 Å². The normalized spacial score (nSPS) is 10.7. The topological polar surface area (TPSA) is 50.9 Å². The third-order valence-electron chi connectivity index (χ3n) is 2.17. The first-order valence-corrected chi connectivity index (χ1v) is 5.00. The molecule has 0 unspecified atom stereocenters. The number of nitrogens with zero attached hydrogens (tertiary/aromatic N) is 3. The van der Waals surface area contributed by atoms with Crippen molar-refractivity contribution in [1.29, 1.82) is 0 Å². The van der Waals surface area contributed by atoms with Gasteiger partial charge in [-0.1, -0.05) is 17.7 Å². The zero-order valence-electron chi connectivity index (χ0n) is 8.27. The van der Waals surface area contributed by atoms with Crippen molar-refractivity contribution in [2.45, 2.75) is 13.2 Å². The monoisotopic (exact) mass is 241 g/mol. The SMILES string of the molecule is OCc1nncn1Cc1ccc(F)c(Cl)c1. The van der Waals surface area contributed by atoms with Gasteiger partial charge in [0.1, 0.15) is 18.8 Å². The highest BCUT2D eigenvalue weighted by Gasteiger charge is 2.05. The van der Waals surface area contributed by atoms with Gasteiger partial charge in [0.25, 0.3) is 0 Å². The lowest BCUT2D eigenvalue weighted by Gasteiger charge is -2.05. The molecule has 2 aromatic rings. The van der Waals surface area contributed by atoms with Gasteiger partial charge in [0.05, 0.1) is 11.6 Å². The molecule has 1 aromatic carbocycles. The van der Waals surface area contributed by atoms with Gasteiger partial charge in [0.2, 0.25) is 0 Å². The molecule has 1 heterocycles. The summed E-state index contributed by atoms with van der Waals surface area (Å²) in [6, 6.07) is 4.47. The Morgan fingerprint density at radius 3 is 2.94 bits per heavy atom. The fourth-order valence-electron chi connectivity index (χ4n) is 1.37. The van der Waals surface area contributed by atoms with Gasteiger partial charge in [-0.05, 0) is 17.7 Å². The summed E-state index contributed by atoms with van der Waals surface area (Å²) >= 11 is 5.66. The molecule has 0 saturated carbocycles. The first kappa shape index (κ1) is 11.0. The summed E-state index contributed by atoms with van der Waals surface area (Å²) in [5.41, 5.74) is 0.820. The summed E-state index contributed by atoms with van der Waals surface area (Å²) in [4.78, 5) is 0. The maximum atomic E-state index is 12.9. The van der Waals surface area contributed by atoms with Crippen molar-refractivity contribution in [3.8, 4) is 0 Å². The van der Waals surface area contributed by atoms with Gasteiger partial charge in [-0.2, -0.15) is 0 Å². The Kier molecular flexibility index (Phi) is 3.17. The standard InChI is InChI=1S/C10H9ClFN3O/c11-8-3-7(1-2-9(8)12)4-15-6-13-14-10(15)5-16/h1-3,6,16H,4-5H2. The summed E-state index contributed by atoms with van der Waals surface area (Å²) in [5, 5.41) is 16.5. The lowest BCUT2D eigenvalue weighted by atomic mass is 10.2. The predicted molar refractivity (Wildman–Crippen MR) is 56.5 cm³/mol. The van der Waals surface area contributed by atoms with Gasteiger partial charge in [-0.25, -0.2) is 4.39 Å². The highest BCUT2D eigenvalue weighted by Crippen LogP contribution is 2.16. The molecular formula is C10H9ClFN3O. The highest BCUT2D eigenvalue weighted by atomic mass is 35.5. The Morgan fingerprint density at radius 2 is 2.25 bits per heavy atom. The second-order valence-corrected chi connectivity index (χ2v) is 3.69. The van der Waals surface area contributed by atoms with Crippen molar-refractivity contribution in [2.24, 2.45) is 0 Å². The van der Waals surface area contributed by atoms with Crippen molar-refractivity contribution in [1.82, 2.24) is 14.8 Å². The van der Waals surface area contributed by atoms with E-state index in [4.69, 9.17) is 16.7 Å². The van der Waals surface area contributed by atoms with Crippen molar-refractivity contribution < 1.29 is 9.50 Å². The van der Waals surface area contributed by atoms with Crippen LogP contribution < -0.4 is 0 Å². The van der Waals surface area contributed by atoms with Crippen LogP contribution in [0.3, 0.4) is 0 Å². The largest absolute Gasteiger partial charge is 0.388 e. The molecule has 0 atom stereocenters. The molecule has 2 rings (SSSR count). The fourth-order valence-corrected chi connectivity index (χ4v) is 1.57. The van der Waals surface area contributed by atoms with E-state index in [1.54, 1.807) is 10.6 Å². The molecular weight excluding hydrogens is 233 g/mol. The molecule has 0 saturated heterocycles. The number of hydrogen-bond donors (Lipinski definition) is 1. The van der Waals surface area contributed by atoms with Crippen LogP contribution >= 0.6 is 11.6 Å². The van der Waals surface area contributed by atoms with E-state index in [2.05, 4.69) is 10.2 Å². The molecule has 0 bridgehead atoms. The van der Waals surface area contributed by atoms with E-state index in [0.29, 0.717) is 12.4 Å². The zero-order valence-corrected chi connectivity index (χ0v) is 9.02. The molecule has 1 aromatic heterocycles. The van der Waals surface area contributed by atoms with E-state index in [9.17, 15) is 4.39 Å². The minimum Gasteiger partial charge on any atom is -0.388 e. The van der Waals surface area contributed by atoms with E-state index in [0.717, 1.165) is 5.56 Å². The van der Waals surface area contributed by atoms with Gasteiger partial charge >= 0.3 is 0 Å². The molecule has 0 aliphatic carbocycles. The minimum atomic E-state index is -0.448. The number of rotatable bonds is 3. The number of hydrogen-bond acceptors (Lipinski definition) is 3. The lowest BCUT2D eigenvalue weighted by molar-refractivity contribution is 0.265. The Bertz CT molecular complexity index is 501. The lowest BCUT2D eigenvalue weighted by Crippen LogP contribution is -2.04. The number of aliphatic hydroxyl groups is 1. The first-order valence-electron chi connectivity index (χ1n) is 4.62. The third-order valence-corrected chi connectivity index (χ3v) is 2.46. The summed E-state index contributed by atoms with van der Waals surface area (Å²) in [6.45, 7) is 0.262. The summed E-state index contributed by atoms with van der Waals surface area (Å²) in [7, 11) is 0. The Labute approximate surface area is 96.3 Å². The van der Waals surface area contributed by atoms with Gasteiger partial charge in [0, 0.05) is 0 Å². The van der Waals surface area contributed by atoms with Crippen molar-refractivity contribution in [3.63, 3.8) is 0 Å². The van der Waals surface area contributed by atoms with E-state index < -0.39 is 5.82 Å². The van der Waals surface area contributed by atoms with Crippen LogP contribution in [0.2, 0.25) is 5.02 Å². The maximum absolute atomic E-state index is 12.9. The van der Waals surface area contributed by atoms with Crippen molar-refractivity contribution in [3.05, 3.63) is 46.8 Å². The van der Waals surface area contributed by atoms with Crippen LogP contribution in [-0.2, 0) is 13.2 Å². The van der Waals surface area contributed by atoms with Crippen LogP contribution in [0.15, 0.2) is 24.5 Å². The second-order valence-electron chi connectivity index (χ2n) is 3.28. The molecule has 84 valence electrons. The van der Waals surface area contributed by atoms with Crippen LogP contribution in [0.25, 0.3) is 0 Å². The van der Waals surface area contributed by atoms with Gasteiger partial charge in [-0.3, -0.25) is 0 Å².